The molecule has 3 saturated carbocycles. The summed E-state index contributed by atoms with van der Waals surface area (Å²) in [6.45, 7) is 4.56. The second-order valence-corrected chi connectivity index (χ2v) is 10.2. The van der Waals surface area contributed by atoms with Crippen LogP contribution < -0.4 is 0 Å². The molecule has 4 aliphatic rings. The van der Waals surface area contributed by atoms with Gasteiger partial charge in [0.15, 0.2) is 0 Å². The third kappa shape index (κ3) is 2.17. The van der Waals surface area contributed by atoms with Crippen molar-refractivity contribution in [2.24, 2.45) is 34.5 Å². The smallest absolute Gasteiger partial charge is 0.0724 e. The summed E-state index contributed by atoms with van der Waals surface area (Å²) < 4.78 is 0. The summed E-state index contributed by atoms with van der Waals surface area (Å²) in [6, 6.07) is 0. The van der Waals surface area contributed by atoms with Crippen molar-refractivity contribution in [3.63, 3.8) is 0 Å². The molecule has 0 bridgehead atoms. The molecular formula is C19H29BrO3. The Bertz CT molecular complexity index is 523. The summed E-state index contributed by atoms with van der Waals surface area (Å²) in [5, 5.41) is 31.7. The summed E-state index contributed by atoms with van der Waals surface area (Å²) in [4.78, 5) is 0.151. The Labute approximate surface area is 147 Å². The van der Waals surface area contributed by atoms with Gasteiger partial charge >= 0.3 is 0 Å². The zero-order chi connectivity index (χ0) is 16.6. The fourth-order valence-electron chi connectivity index (χ4n) is 6.71. The van der Waals surface area contributed by atoms with Gasteiger partial charge in [-0.2, -0.15) is 0 Å². The van der Waals surface area contributed by atoms with Crippen molar-refractivity contribution in [1.29, 1.82) is 0 Å². The maximum absolute atomic E-state index is 11.0. The fourth-order valence-corrected chi connectivity index (χ4v) is 7.71. The van der Waals surface area contributed by atoms with Crippen molar-refractivity contribution in [3.8, 4) is 0 Å². The Morgan fingerprint density at radius 1 is 1.04 bits per heavy atom. The molecule has 4 heteroatoms. The van der Waals surface area contributed by atoms with E-state index < -0.39 is 0 Å². The number of halogens is 1. The van der Waals surface area contributed by atoms with E-state index in [1.54, 1.807) is 0 Å². The van der Waals surface area contributed by atoms with Crippen LogP contribution >= 0.6 is 15.9 Å². The van der Waals surface area contributed by atoms with Gasteiger partial charge in [-0.25, -0.2) is 0 Å². The van der Waals surface area contributed by atoms with E-state index in [1.165, 1.54) is 0 Å². The minimum absolute atomic E-state index is 0.0720. The van der Waals surface area contributed by atoms with Crippen LogP contribution in [0.25, 0.3) is 0 Å². The Balaban J connectivity index is 1.72. The van der Waals surface area contributed by atoms with Crippen molar-refractivity contribution in [2.75, 3.05) is 0 Å². The molecular weight excluding hydrogens is 356 g/mol. The molecule has 0 aromatic carbocycles. The molecule has 0 aromatic rings. The highest BCUT2D eigenvalue weighted by atomic mass is 79.9. The topological polar surface area (TPSA) is 60.7 Å². The summed E-state index contributed by atoms with van der Waals surface area (Å²) in [5.74, 6) is 1.48. The zero-order valence-corrected chi connectivity index (χ0v) is 15.6. The summed E-state index contributed by atoms with van der Waals surface area (Å²) in [7, 11) is 0. The number of hydrogen-bond acceptors (Lipinski definition) is 3. The van der Waals surface area contributed by atoms with Crippen LogP contribution in [0.15, 0.2) is 12.2 Å². The lowest BCUT2D eigenvalue weighted by Crippen LogP contribution is -2.57. The predicted octanol–water partition coefficient (Wildman–Crippen LogP) is 2.87. The van der Waals surface area contributed by atoms with Crippen LogP contribution in [-0.2, 0) is 0 Å². The molecule has 4 rings (SSSR count). The molecule has 4 aliphatic carbocycles. The molecule has 0 aliphatic heterocycles. The number of allylic oxidation sites excluding steroid dienone is 1. The van der Waals surface area contributed by atoms with E-state index >= 15 is 0 Å². The van der Waals surface area contributed by atoms with E-state index in [2.05, 4.69) is 35.9 Å². The lowest BCUT2D eigenvalue weighted by molar-refractivity contribution is -0.150. The SMILES string of the molecule is C[C@]12C=C[C@H](O)C[C@@H]1C[C@@H](O)[C@@H]1[C@@H]2CC[C@]2(C)[C@@H](O)[C@H](Br)C[C@@H]12. The maximum Gasteiger partial charge on any atom is 0.0724 e. The van der Waals surface area contributed by atoms with Crippen LogP contribution in [-0.4, -0.2) is 38.5 Å². The average molecular weight is 385 g/mol. The van der Waals surface area contributed by atoms with Gasteiger partial charge in [0.2, 0.25) is 0 Å². The second kappa shape index (κ2) is 5.30. The van der Waals surface area contributed by atoms with E-state index in [0.717, 1.165) is 32.1 Å². The molecule has 0 heterocycles. The number of alkyl halides is 1. The number of aliphatic hydroxyl groups is 3. The van der Waals surface area contributed by atoms with E-state index in [-0.39, 0.29) is 39.9 Å². The van der Waals surface area contributed by atoms with Gasteiger partial charge in [-0.1, -0.05) is 41.9 Å². The Hall–Kier alpha value is 0.100. The minimum atomic E-state index is -0.356. The third-order valence-corrected chi connectivity index (χ3v) is 8.99. The lowest BCUT2D eigenvalue weighted by atomic mass is 9.45. The van der Waals surface area contributed by atoms with Gasteiger partial charge in [0.05, 0.1) is 18.3 Å². The molecule has 0 unspecified atom stereocenters. The first-order valence-electron chi connectivity index (χ1n) is 9.15. The molecule has 3 N–H and O–H groups in total. The standard InChI is InChI=1S/C19H29BrO3/c1-18-5-3-11(21)7-10(18)8-15(22)16-12(18)4-6-19(2)13(16)9-14(20)17(19)23/h3,5,10-17,21-23H,4,6-9H2,1-2H3/t10-,11+,12+,13+,14-,15-,16-,17+,18+,19+/m1/s1. The highest BCUT2D eigenvalue weighted by Gasteiger charge is 2.63. The first-order valence-corrected chi connectivity index (χ1v) is 10.1. The fraction of sp³-hybridized carbons (Fsp3) is 0.895. The van der Waals surface area contributed by atoms with E-state index in [9.17, 15) is 15.3 Å². The average Bonchev–Trinajstić information content (AvgIpc) is 2.73. The van der Waals surface area contributed by atoms with E-state index in [0.29, 0.717) is 17.8 Å². The zero-order valence-electron chi connectivity index (χ0n) is 14.0. The van der Waals surface area contributed by atoms with Gasteiger partial charge in [0, 0.05) is 4.83 Å². The quantitative estimate of drug-likeness (QED) is 0.444. The summed E-state index contributed by atoms with van der Waals surface area (Å²) in [5.41, 5.74) is 0.0111. The van der Waals surface area contributed by atoms with Crippen LogP contribution in [0.4, 0.5) is 0 Å². The molecule has 0 aromatic heterocycles. The van der Waals surface area contributed by atoms with E-state index in [4.69, 9.17) is 0 Å². The Morgan fingerprint density at radius 3 is 2.52 bits per heavy atom. The number of fused-ring (bicyclic) bond motifs is 5. The second-order valence-electron chi connectivity index (χ2n) is 9.06. The van der Waals surface area contributed by atoms with Crippen molar-refractivity contribution < 1.29 is 15.3 Å². The monoisotopic (exact) mass is 384 g/mol. The highest BCUT2D eigenvalue weighted by molar-refractivity contribution is 9.09. The number of rotatable bonds is 0. The van der Waals surface area contributed by atoms with Crippen molar-refractivity contribution >= 4 is 15.9 Å². The van der Waals surface area contributed by atoms with Gasteiger partial charge in [-0.3, -0.25) is 0 Å². The predicted molar refractivity (Wildman–Crippen MR) is 93.1 cm³/mol. The summed E-state index contributed by atoms with van der Waals surface area (Å²) in [6.07, 6.45) is 7.88. The molecule has 0 saturated heterocycles. The van der Waals surface area contributed by atoms with Crippen molar-refractivity contribution in [1.82, 2.24) is 0 Å². The van der Waals surface area contributed by atoms with Gasteiger partial charge in [0.25, 0.3) is 0 Å². The van der Waals surface area contributed by atoms with Gasteiger partial charge in [-0.15, -0.1) is 0 Å². The van der Waals surface area contributed by atoms with Crippen molar-refractivity contribution in [3.05, 3.63) is 12.2 Å². The Morgan fingerprint density at radius 2 is 1.78 bits per heavy atom. The van der Waals surface area contributed by atoms with Gasteiger partial charge in [-0.05, 0) is 66.6 Å². The molecule has 23 heavy (non-hydrogen) atoms. The van der Waals surface area contributed by atoms with Crippen LogP contribution in [0, 0.1) is 34.5 Å². The van der Waals surface area contributed by atoms with Crippen molar-refractivity contribution in [2.45, 2.75) is 69.1 Å². The molecule has 0 spiro atoms. The first-order chi connectivity index (χ1) is 10.8. The Kier molecular flexibility index (Phi) is 3.81. The third-order valence-electron chi connectivity index (χ3n) is 8.12. The van der Waals surface area contributed by atoms with Crippen LogP contribution in [0.1, 0.15) is 46.0 Å². The molecule has 3 nitrogen and oxygen atoms in total. The van der Waals surface area contributed by atoms with Gasteiger partial charge in [0.1, 0.15) is 0 Å². The highest BCUT2D eigenvalue weighted by Crippen LogP contribution is 2.65. The van der Waals surface area contributed by atoms with E-state index in [1.807, 2.05) is 6.08 Å². The molecule has 0 amide bonds. The van der Waals surface area contributed by atoms with Crippen LogP contribution in [0.5, 0.6) is 0 Å². The normalized spacial score (nSPS) is 61.7. The van der Waals surface area contributed by atoms with Crippen LogP contribution in [0.3, 0.4) is 0 Å². The summed E-state index contributed by atoms with van der Waals surface area (Å²) >= 11 is 3.68. The first kappa shape index (κ1) is 16.6. The minimum Gasteiger partial charge on any atom is -0.393 e. The van der Waals surface area contributed by atoms with Crippen LogP contribution in [0.2, 0.25) is 0 Å². The lowest BCUT2D eigenvalue weighted by Gasteiger charge is -2.60. The molecule has 0 radical (unpaired) electrons. The number of hydrogen-bond donors (Lipinski definition) is 3. The molecule has 3 fully saturated rings. The molecule has 10 atom stereocenters. The van der Waals surface area contributed by atoms with Gasteiger partial charge < -0.3 is 15.3 Å². The number of aliphatic hydroxyl groups excluding tert-OH is 3. The largest absolute Gasteiger partial charge is 0.393 e. The molecule has 130 valence electrons. The maximum atomic E-state index is 11.0.